The molecule has 1 saturated heterocycles. The van der Waals surface area contributed by atoms with Crippen molar-refractivity contribution in [3.05, 3.63) is 29.1 Å². The third-order valence-corrected chi connectivity index (χ3v) is 4.34. The highest BCUT2D eigenvalue weighted by atomic mass is 16.2. The first-order chi connectivity index (χ1) is 10.0. The number of hydrogen-bond donors (Lipinski definition) is 1. The highest BCUT2D eigenvalue weighted by Gasteiger charge is 2.19. The number of H-pyrrole nitrogens is 1. The van der Waals surface area contributed by atoms with Gasteiger partial charge in [0.25, 0.3) is 0 Å². The van der Waals surface area contributed by atoms with Gasteiger partial charge in [0.1, 0.15) is 5.82 Å². The standard InChI is InChI=1S/C16H22N4O/c1-11-8-14-15(9-12(11)2)18-16(17-14)10-19-4-6-20(7-5-19)13(3)21/h8-9H,4-7,10H2,1-3H3,(H,17,18). The molecule has 1 aliphatic rings. The summed E-state index contributed by atoms with van der Waals surface area (Å²) in [6, 6.07) is 4.30. The molecule has 3 rings (SSSR count). The summed E-state index contributed by atoms with van der Waals surface area (Å²) in [5, 5.41) is 0. The predicted octanol–water partition coefficient (Wildman–Crippen LogP) is 1.84. The minimum atomic E-state index is 0.171. The molecule has 1 aromatic heterocycles. The molecule has 112 valence electrons. The largest absolute Gasteiger partial charge is 0.341 e. The summed E-state index contributed by atoms with van der Waals surface area (Å²) in [6.45, 7) is 10.1. The Morgan fingerprint density at radius 2 is 1.86 bits per heavy atom. The zero-order valence-corrected chi connectivity index (χ0v) is 12.9. The van der Waals surface area contributed by atoms with Gasteiger partial charge >= 0.3 is 0 Å². The predicted molar refractivity (Wildman–Crippen MR) is 83.1 cm³/mol. The van der Waals surface area contributed by atoms with Crippen molar-refractivity contribution < 1.29 is 4.79 Å². The summed E-state index contributed by atoms with van der Waals surface area (Å²) in [6.07, 6.45) is 0. The van der Waals surface area contributed by atoms with Crippen molar-refractivity contribution in [2.75, 3.05) is 26.2 Å². The number of piperazine rings is 1. The van der Waals surface area contributed by atoms with Crippen molar-refractivity contribution in [3.8, 4) is 0 Å². The Labute approximate surface area is 125 Å². The van der Waals surface area contributed by atoms with Crippen molar-refractivity contribution in [2.24, 2.45) is 0 Å². The van der Waals surface area contributed by atoms with Crippen molar-refractivity contribution in [2.45, 2.75) is 27.3 Å². The van der Waals surface area contributed by atoms with E-state index < -0.39 is 0 Å². The van der Waals surface area contributed by atoms with Gasteiger partial charge in [0.15, 0.2) is 0 Å². The van der Waals surface area contributed by atoms with Crippen LogP contribution in [0.1, 0.15) is 23.9 Å². The third kappa shape index (κ3) is 2.93. The second kappa shape index (κ2) is 5.48. The fourth-order valence-corrected chi connectivity index (χ4v) is 2.83. The molecule has 0 radical (unpaired) electrons. The number of aromatic amines is 1. The lowest BCUT2D eigenvalue weighted by Gasteiger charge is -2.33. The van der Waals surface area contributed by atoms with E-state index >= 15 is 0 Å². The van der Waals surface area contributed by atoms with E-state index in [4.69, 9.17) is 0 Å². The number of carbonyl (C=O) groups excluding carboxylic acids is 1. The van der Waals surface area contributed by atoms with Gasteiger partial charge in [-0.2, -0.15) is 0 Å². The molecule has 1 fully saturated rings. The maximum atomic E-state index is 11.3. The molecule has 0 aliphatic carbocycles. The third-order valence-electron chi connectivity index (χ3n) is 4.34. The summed E-state index contributed by atoms with van der Waals surface area (Å²) in [4.78, 5) is 23.7. The summed E-state index contributed by atoms with van der Waals surface area (Å²) in [5.74, 6) is 1.18. The molecule has 0 unspecified atom stereocenters. The van der Waals surface area contributed by atoms with Crippen LogP contribution in [-0.2, 0) is 11.3 Å². The smallest absolute Gasteiger partial charge is 0.219 e. The van der Waals surface area contributed by atoms with Crippen LogP contribution in [0.4, 0.5) is 0 Å². The highest BCUT2D eigenvalue weighted by molar-refractivity contribution is 5.77. The Morgan fingerprint density at radius 1 is 1.19 bits per heavy atom. The van der Waals surface area contributed by atoms with E-state index in [2.05, 4.69) is 40.8 Å². The van der Waals surface area contributed by atoms with Gasteiger partial charge in [0, 0.05) is 33.1 Å². The van der Waals surface area contributed by atoms with Crippen LogP contribution < -0.4 is 0 Å². The number of hydrogen-bond acceptors (Lipinski definition) is 3. The van der Waals surface area contributed by atoms with Crippen molar-refractivity contribution in [1.29, 1.82) is 0 Å². The molecule has 21 heavy (non-hydrogen) atoms. The molecule has 1 amide bonds. The average molecular weight is 286 g/mol. The normalized spacial score (nSPS) is 16.6. The maximum Gasteiger partial charge on any atom is 0.219 e. The topological polar surface area (TPSA) is 52.2 Å². The van der Waals surface area contributed by atoms with E-state index in [9.17, 15) is 4.79 Å². The first kappa shape index (κ1) is 14.1. The van der Waals surface area contributed by atoms with Crippen molar-refractivity contribution >= 4 is 16.9 Å². The Balaban J connectivity index is 1.70. The molecule has 2 heterocycles. The van der Waals surface area contributed by atoms with Gasteiger partial charge in [-0.1, -0.05) is 0 Å². The Kier molecular flexibility index (Phi) is 3.68. The van der Waals surface area contributed by atoms with Crippen LogP contribution in [0.2, 0.25) is 0 Å². The molecule has 5 nitrogen and oxygen atoms in total. The lowest BCUT2D eigenvalue weighted by molar-refractivity contribution is -0.130. The quantitative estimate of drug-likeness (QED) is 0.916. The van der Waals surface area contributed by atoms with Crippen LogP contribution in [0.15, 0.2) is 12.1 Å². The van der Waals surface area contributed by atoms with Crippen molar-refractivity contribution in [1.82, 2.24) is 19.8 Å². The SMILES string of the molecule is CC(=O)N1CCN(Cc2nc3cc(C)c(C)cc3[nH]2)CC1. The number of nitrogens with zero attached hydrogens (tertiary/aromatic N) is 3. The van der Waals surface area contributed by atoms with Crippen LogP contribution >= 0.6 is 0 Å². The lowest BCUT2D eigenvalue weighted by Crippen LogP contribution is -2.47. The number of imidazole rings is 1. The Bertz CT molecular complexity index is 629. The minimum Gasteiger partial charge on any atom is -0.341 e. The number of aromatic nitrogens is 2. The fraction of sp³-hybridized carbons (Fsp3) is 0.500. The summed E-state index contributed by atoms with van der Waals surface area (Å²) < 4.78 is 0. The molecule has 1 aliphatic heterocycles. The number of rotatable bonds is 2. The molecule has 5 heteroatoms. The highest BCUT2D eigenvalue weighted by Crippen LogP contribution is 2.18. The summed E-state index contributed by atoms with van der Waals surface area (Å²) in [7, 11) is 0. The number of nitrogens with one attached hydrogen (secondary N) is 1. The van der Waals surface area contributed by atoms with Crippen molar-refractivity contribution in [3.63, 3.8) is 0 Å². The molecular formula is C16H22N4O. The van der Waals surface area contributed by atoms with Gasteiger partial charge in [-0.25, -0.2) is 4.98 Å². The number of carbonyl (C=O) groups is 1. The second-order valence-electron chi connectivity index (χ2n) is 5.92. The van der Waals surface area contributed by atoms with E-state index in [0.29, 0.717) is 0 Å². The molecule has 0 spiro atoms. The average Bonchev–Trinajstić information content (AvgIpc) is 2.81. The lowest BCUT2D eigenvalue weighted by atomic mass is 10.1. The monoisotopic (exact) mass is 286 g/mol. The molecule has 1 N–H and O–H groups in total. The zero-order valence-electron chi connectivity index (χ0n) is 12.9. The second-order valence-corrected chi connectivity index (χ2v) is 5.92. The van der Waals surface area contributed by atoms with Crippen LogP contribution in [0.25, 0.3) is 11.0 Å². The van der Waals surface area contributed by atoms with E-state index in [1.165, 1.54) is 11.1 Å². The Hall–Kier alpha value is -1.88. The van der Waals surface area contributed by atoms with Crippen LogP contribution in [0.5, 0.6) is 0 Å². The molecule has 1 aromatic carbocycles. The summed E-state index contributed by atoms with van der Waals surface area (Å²) in [5.41, 5.74) is 4.70. The molecule has 0 bridgehead atoms. The van der Waals surface area contributed by atoms with E-state index in [-0.39, 0.29) is 5.91 Å². The van der Waals surface area contributed by atoms with E-state index in [1.54, 1.807) is 6.92 Å². The fourth-order valence-electron chi connectivity index (χ4n) is 2.83. The number of aryl methyl sites for hydroxylation is 2. The van der Waals surface area contributed by atoms with E-state index in [1.807, 2.05) is 4.90 Å². The maximum absolute atomic E-state index is 11.3. The Morgan fingerprint density at radius 3 is 2.52 bits per heavy atom. The molecule has 0 atom stereocenters. The van der Waals surface area contributed by atoms with Crippen LogP contribution in [-0.4, -0.2) is 51.9 Å². The van der Waals surface area contributed by atoms with Crippen LogP contribution in [0.3, 0.4) is 0 Å². The van der Waals surface area contributed by atoms with Gasteiger partial charge in [-0.15, -0.1) is 0 Å². The molecule has 2 aromatic rings. The van der Waals surface area contributed by atoms with Gasteiger partial charge in [-0.3, -0.25) is 9.69 Å². The van der Waals surface area contributed by atoms with Gasteiger partial charge < -0.3 is 9.88 Å². The van der Waals surface area contributed by atoms with E-state index in [0.717, 1.165) is 49.6 Å². The summed E-state index contributed by atoms with van der Waals surface area (Å²) >= 11 is 0. The minimum absolute atomic E-state index is 0.171. The molecular weight excluding hydrogens is 264 g/mol. The number of fused-ring (bicyclic) bond motifs is 1. The first-order valence-electron chi connectivity index (χ1n) is 7.46. The van der Waals surface area contributed by atoms with Gasteiger partial charge in [0.2, 0.25) is 5.91 Å². The molecule has 0 saturated carbocycles. The number of benzene rings is 1. The number of amides is 1. The zero-order chi connectivity index (χ0) is 15.0. The first-order valence-corrected chi connectivity index (χ1v) is 7.46. The van der Waals surface area contributed by atoms with Gasteiger partial charge in [-0.05, 0) is 37.1 Å². The van der Waals surface area contributed by atoms with Gasteiger partial charge in [0.05, 0.1) is 17.6 Å². The van der Waals surface area contributed by atoms with Crippen LogP contribution in [0, 0.1) is 13.8 Å².